The van der Waals surface area contributed by atoms with Crippen LogP contribution in [-0.4, -0.2) is 42.7 Å². The first-order valence-electron chi connectivity index (χ1n) is 12.8. The Labute approximate surface area is 205 Å². The molecule has 2 heterocycles. The third-order valence-corrected chi connectivity index (χ3v) is 8.00. The average molecular weight is 463 g/mol. The normalized spacial score (nSPS) is 19.1. The Morgan fingerprint density at radius 2 is 1.79 bits per heavy atom. The summed E-state index contributed by atoms with van der Waals surface area (Å²) in [7, 11) is 4.32. The maximum atomic E-state index is 13.2. The number of pyridine rings is 1. The van der Waals surface area contributed by atoms with Crippen LogP contribution < -0.4 is 15.8 Å². The highest BCUT2D eigenvalue weighted by atomic mass is 16.1. The molecular weight excluding hydrogens is 420 g/mol. The molecule has 2 aromatic rings. The van der Waals surface area contributed by atoms with Gasteiger partial charge in [-0.3, -0.25) is 4.79 Å². The van der Waals surface area contributed by atoms with Crippen molar-refractivity contribution in [3.8, 4) is 0 Å². The molecule has 2 aliphatic rings. The van der Waals surface area contributed by atoms with Crippen molar-refractivity contribution < 1.29 is 0 Å². The number of hydrogen-bond acceptors (Lipinski definition) is 4. The first-order valence-corrected chi connectivity index (χ1v) is 12.8. The quantitative estimate of drug-likeness (QED) is 0.575. The zero-order valence-electron chi connectivity index (χ0n) is 21.9. The van der Waals surface area contributed by atoms with Crippen molar-refractivity contribution in [1.82, 2.24) is 14.8 Å². The molecule has 1 N–H and O–H groups in total. The van der Waals surface area contributed by atoms with Crippen LogP contribution in [0.15, 0.2) is 47.9 Å². The van der Waals surface area contributed by atoms with E-state index >= 15 is 0 Å². The number of likely N-dealkylation sites (tertiary alicyclic amines) is 1. The monoisotopic (exact) mass is 462 g/mol. The van der Waals surface area contributed by atoms with E-state index in [0.29, 0.717) is 12.0 Å². The molecule has 2 fully saturated rings. The topological polar surface area (TPSA) is 40.5 Å². The number of aromatic nitrogens is 1. The Balaban J connectivity index is 1.65. The molecule has 1 atom stereocenters. The third kappa shape index (κ3) is 5.10. The molecule has 5 heteroatoms. The second-order valence-corrected chi connectivity index (χ2v) is 11.1. The summed E-state index contributed by atoms with van der Waals surface area (Å²) < 4.78 is 1.94. The van der Waals surface area contributed by atoms with E-state index in [-0.39, 0.29) is 17.1 Å². The molecule has 184 valence electrons. The van der Waals surface area contributed by atoms with Crippen molar-refractivity contribution >= 4 is 11.4 Å². The van der Waals surface area contributed by atoms with E-state index in [9.17, 15) is 4.79 Å². The van der Waals surface area contributed by atoms with Crippen molar-refractivity contribution in [2.45, 2.75) is 76.9 Å². The van der Waals surface area contributed by atoms with E-state index in [1.54, 1.807) is 0 Å². The minimum atomic E-state index is -0.0615. The number of nitrogens with zero attached hydrogens (tertiary/aromatic N) is 3. The Bertz CT molecular complexity index is 1090. The summed E-state index contributed by atoms with van der Waals surface area (Å²) in [6, 6.07) is 11.2. The molecule has 1 aliphatic carbocycles. The Kier molecular flexibility index (Phi) is 6.95. The Morgan fingerprint density at radius 3 is 2.41 bits per heavy atom. The van der Waals surface area contributed by atoms with Gasteiger partial charge in [-0.1, -0.05) is 44.7 Å². The molecule has 1 aliphatic heterocycles. The molecule has 1 aromatic heterocycles. The van der Waals surface area contributed by atoms with Gasteiger partial charge in [0.2, 0.25) is 0 Å². The fraction of sp³-hybridized carbons (Fsp3) is 0.552. The van der Waals surface area contributed by atoms with Crippen LogP contribution in [0.2, 0.25) is 0 Å². The maximum Gasteiger partial charge on any atom is 0.253 e. The number of piperidine rings is 1. The molecule has 1 aromatic carbocycles. The predicted molar refractivity (Wildman–Crippen MR) is 144 cm³/mol. The van der Waals surface area contributed by atoms with E-state index in [4.69, 9.17) is 0 Å². The van der Waals surface area contributed by atoms with Gasteiger partial charge in [-0.2, -0.15) is 0 Å². The van der Waals surface area contributed by atoms with Gasteiger partial charge in [0, 0.05) is 48.2 Å². The molecule has 0 bridgehead atoms. The van der Waals surface area contributed by atoms with E-state index in [1.165, 1.54) is 11.1 Å². The third-order valence-electron chi connectivity index (χ3n) is 8.00. The van der Waals surface area contributed by atoms with Crippen molar-refractivity contribution in [3.05, 3.63) is 70.2 Å². The summed E-state index contributed by atoms with van der Waals surface area (Å²) >= 11 is 0. The van der Waals surface area contributed by atoms with Crippen molar-refractivity contribution in [2.24, 2.45) is 0 Å². The summed E-state index contributed by atoms with van der Waals surface area (Å²) in [5, 5.41) is 3.66. The van der Waals surface area contributed by atoms with Gasteiger partial charge in [-0.25, -0.2) is 0 Å². The van der Waals surface area contributed by atoms with Crippen molar-refractivity contribution in [2.75, 3.05) is 32.1 Å². The van der Waals surface area contributed by atoms with Crippen LogP contribution in [0.25, 0.3) is 5.70 Å². The van der Waals surface area contributed by atoms with Crippen LogP contribution in [0.4, 0.5) is 5.69 Å². The SMILES string of the molecule is C=C(N[C@H](C)c1cccc(C(C)C)c1)c1cn(C2(C)CC2)c(=O)cc1N(C)C1CCN(C)CC1. The summed E-state index contributed by atoms with van der Waals surface area (Å²) in [6.45, 7) is 15.4. The molecular formula is C29H42N4O. The minimum Gasteiger partial charge on any atom is -0.378 e. The molecule has 0 radical (unpaired) electrons. The summed E-state index contributed by atoms with van der Waals surface area (Å²) in [5.74, 6) is 0.494. The summed E-state index contributed by atoms with van der Waals surface area (Å²) in [5.41, 5.74) is 5.50. The number of benzene rings is 1. The Morgan fingerprint density at radius 1 is 1.15 bits per heavy atom. The maximum absolute atomic E-state index is 13.2. The lowest BCUT2D eigenvalue weighted by molar-refractivity contribution is 0.253. The standard InChI is InChI=1S/C29H42N4O/c1-20(2)23-9-8-10-24(17-23)21(3)30-22(4)26-19-33(29(5)13-14-29)28(34)18-27(26)32(7)25-11-15-31(6)16-12-25/h8-10,17-21,25,30H,4,11-16H2,1-3,5-7H3/t21-/m1/s1. The smallest absolute Gasteiger partial charge is 0.253 e. The van der Waals surface area contributed by atoms with Gasteiger partial charge in [0.25, 0.3) is 5.56 Å². The van der Waals surface area contributed by atoms with Gasteiger partial charge in [0.05, 0.1) is 5.69 Å². The highest BCUT2D eigenvalue weighted by Gasteiger charge is 2.40. The minimum absolute atomic E-state index is 0.0615. The highest BCUT2D eigenvalue weighted by Crippen LogP contribution is 2.42. The molecule has 0 amide bonds. The lowest BCUT2D eigenvalue weighted by Crippen LogP contribution is -2.43. The van der Waals surface area contributed by atoms with Gasteiger partial charge in [0.1, 0.15) is 0 Å². The lowest BCUT2D eigenvalue weighted by Gasteiger charge is -2.37. The van der Waals surface area contributed by atoms with Crippen molar-refractivity contribution in [3.63, 3.8) is 0 Å². The molecule has 34 heavy (non-hydrogen) atoms. The largest absolute Gasteiger partial charge is 0.378 e. The number of hydrogen-bond donors (Lipinski definition) is 1. The fourth-order valence-corrected chi connectivity index (χ4v) is 5.08. The van der Waals surface area contributed by atoms with E-state index < -0.39 is 0 Å². The second-order valence-electron chi connectivity index (χ2n) is 11.1. The summed E-state index contributed by atoms with van der Waals surface area (Å²) in [4.78, 5) is 17.9. The van der Waals surface area contributed by atoms with E-state index in [0.717, 1.165) is 55.7 Å². The average Bonchev–Trinajstić information content (AvgIpc) is 3.56. The highest BCUT2D eigenvalue weighted by molar-refractivity contribution is 5.74. The van der Waals surface area contributed by atoms with Crippen LogP contribution in [0.1, 0.15) is 82.0 Å². The van der Waals surface area contributed by atoms with Crippen LogP contribution in [0.5, 0.6) is 0 Å². The molecule has 0 spiro atoms. The van der Waals surface area contributed by atoms with Crippen LogP contribution in [0, 0.1) is 0 Å². The van der Waals surface area contributed by atoms with Crippen LogP contribution in [-0.2, 0) is 5.54 Å². The predicted octanol–water partition coefficient (Wildman–Crippen LogP) is 5.33. The molecule has 5 nitrogen and oxygen atoms in total. The van der Waals surface area contributed by atoms with E-state index in [2.05, 4.69) is 93.9 Å². The molecule has 1 saturated heterocycles. The van der Waals surface area contributed by atoms with E-state index in [1.807, 2.05) is 10.6 Å². The van der Waals surface area contributed by atoms with Gasteiger partial charge in [-0.15, -0.1) is 0 Å². The van der Waals surface area contributed by atoms with Crippen LogP contribution >= 0.6 is 0 Å². The van der Waals surface area contributed by atoms with Gasteiger partial charge in [0.15, 0.2) is 0 Å². The number of nitrogens with one attached hydrogen (secondary N) is 1. The van der Waals surface area contributed by atoms with Gasteiger partial charge in [-0.05, 0) is 76.7 Å². The summed E-state index contributed by atoms with van der Waals surface area (Å²) in [6.07, 6.45) is 6.36. The first-order chi connectivity index (χ1) is 16.1. The zero-order valence-corrected chi connectivity index (χ0v) is 21.9. The second kappa shape index (κ2) is 9.61. The molecule has 4 rings (SSSR count). The number of rotatable bonds is 8. The lowest BCUT2D eigenvalue weighted by atomic mass is 9.98. The van der Waals surface area contributed by atoms with Gasteiger partial charge >= 0.3 is 0 Å². The molecule has 0 unspecified atom stereocenters. The zero-order chi connectivity index (χ0) is 24.6. The first kappa shape index (κ1) is 24.6. The fourth-order valence-electron chi connectivity index (χ4n) is 5.08. The van der Waals surface area contributed by atoms with Crippen molar-refractivity contribution in [1.29, 1.82) is 0 Å². The molecule has 1 saturated carbocycles. The Hall–Kier alpha value is -2.53. The van der Waals surface area contributed by atoms with Gasteiger partial charge < -0.3 is 19.7 Å². The van der Waals surface area contributed by atoms with Crippen LogP contribution in [0.3, 0.4) is 0 Å². The number of anilines is 1.